The predicted molar refractivity (Wildman–Crippen MR) is 55.1 cm³/mol. The van der Waals surface area contributed by atoms with Gasteiger partial charge in [-0.05, 0) is 24.0 Å². The van der Waals surface area contributed by atoms with Gasteiger partial charge in [-0.25, -0.2) is 4.98 Å². The van der Waals surface area contributed by atoms with Gasteiger partial charge in [-0.3, -0.25) is 4.79 Å². The maximum absolute atomic E-state index is 11.4. The molecule has 0 aromatic carbocycles. The highest BCUT2D eigenvalue weighted by Gasteiger charge is 2.22. The third-order valence-electron chi connectivity index (χ3n) is 2.65. The number of rotatable bonds is 1. The average Bonchev–Trinajstić information content (AvgIpc) is 2.19. The van der Waals surface area contributed by atoms with Crippen LogP contribution in [0.15, 0.2) is 12.3 Å². The van der Waals surface area contributed by atoms with Crippen LogP contribution in [0.1, 0.15) is 25.0 Å². The van der Waals surface area contributed by atoms with Gasteiger partial charge in [0.1, 0.15) is 5.82 Å². The number of nitrogens with one attached hydrogen (secondary N) is 1. The first kappa shape index (κ1) is 9.19. The quantitative estimate of drug-likeness (QED) is 0.733. The van der Waals surface area contributed by atoms with Crippen LogP contribution in [0.25, 0.3) is 0 Å². The van der Waals surface area contributed by atoms with Gasteiger partial charge < -0.3 is 5.32 Å². The van der Waals surface area contributed by atoms with E-state index < -0.39 is 0 Å². The highest BCUT2D eigenvalue weighted by atomic mass is 16.2. The molecule has 1 amide bonds. The normalized spacial score (nSPS) is 20.1. The van der Waals surface area contributed by atoms with E-state index in [4.69, 9.17) is 0 Å². The molecule has 1 aliphatic rings. The monoisotopic (exact) mass is 190 g/mol. The van der Waals surface area contributed by atoms with Gasteiger partial charge >= 0.3 is 0 Å². The van der Waals surface area contributed by atoms with Crippen LogP contribution in [0.4, 0.5) is 5.82 Å². The second-order valence-electron chi connectivity index (χ2n) is 3.80. The SMILES string of the molecule is CCc1cnc2c(c1)CC(C)C(=O)N2. The van der Waals surface area contributed by atoms with E-state index in [0.29, 0.717) is 0 Å². The Balaban J connectivity index is 2.37. The van der Waals surface area contributed by atoms with Crippen molar-refractivity contribution in [3.63, 3.8) is 0 Å². The summed E-state index contributed by atoms with van der Waals surface area (Å²) in [5.74, 6) is 0.885. The topological polar surface area (TPSA) is 42.0 Å². The first-order chi connectivity index (χ1) is 6.70. The molecule has 3 heteroatoms. The Morgan fingerprint density at radius 2 is 2.43 bits per heavy atom. The van der Waals surface area contributed by atoms with Gasteiger partial charge in [0.05, 0.1) is 0 Å². The zero-order valence-electron chi connectivity index (χ0n) is 8.50. The van der Waals surface area contributed by atoms with E-state index >= 15 is 0 Å². The maximum atomic E-state index is 11.4. The number of carbonyl (C=O) groups excluding carboxylic acids is 1. The maximum Gasteiger partial charge on any atom is 0.228 e. The molecule has 0 fully saturated rings. The summed E-state index contributed by atoms with van der Waals surface area (Å²) in [5, 5.41) is 2.81. The molecule has 0 saturated carbocycles. The smallest absolute Gasteiger partial charge is 0.228 e. The van der Waals surface area contributed by atoms with Crippen LogP contribution in [0, 0.1) is 5.92 Å². The lowest BCUT2D eigenvalue weighted by Crippen LogP contribution is -2.28. The van der Waals surface area contributed by atoms with Gasteiger partial charge in [-0.15, -0.1) is 0 Å². The van der Waals surface area contributed by atoms with Gasteiger partial charge in [0.25, 0.3) is 0 Å². The number of hydrogen-bond acceptors (Lipinski definition) is 2. The van der Waals surface area contributed by atoms with Crippen LogP contribution in [-0.2, 0) is 17.6 Å². The number of hydrogen-bond donors (Lipinski definition) is 1. The minimum atomic E-state index is 0.0661. The van der Waals surface area contributed by atoms with Crippen molar-refractivity contribution in [3.8, 4) is 0 Å². The third kappa shape index (κ3) is 1.50. The van der Waals surface area contributed by atoms with Crippen molar-refractivity contribution in [2.45, 2.75) is 26.7 Å². The largest absolute Gasteiger partial charge is 0.310 e. The van der Waals surface area contributed by atoms with E-state index in [1.165, 1.54) is 5.56 Å². The molecule has 14 heavy (non-hydrogen) atoms. The summed E-state index contributed by atoms with van der Waals surface area (Å²) in [6.07, 6.45) is 3.62. The Bertz CT molecular complexity index is 374. The fourth-order valence-corrected chi connectivity index (χ4v) is 1.68. The summed E-state index contributed by atoms with van der Waals surface area (Å²) in [4.78, 5) is 15.6. The summed E-state index contributed by atoms with van der Waals surface area (Å²) in [6.45, 7) is 4.05. The summed E-state index contributed by atoms with van der Waals surface area (Å²) in [5.41, 5.74) is 2.39. The summed E-state index contributed by atoms with van der Waals surface area (Å²) in [7, 11) is 0. The van der Waals surface area contributed by atoms with E-state index in [1.807, 2.05) is 13.1 Å². The standard InChI is InChI=1S/C11H14N2O/c1-3-8-5-9-4-7(2)11(14)13-10(9)12-6-8/h5-7H,3-4H2,1-2H3,(H,12,13,14). The lowest BCUT2D eigenvalue weighted by Gasteiger charge is -2.21. The van der Waals surface area contributed by atoms with Gasteiger partial charge in [-0.1, -0.05) is 19.9 Å². The van der Waals surface area contributed by atoms with Crippen molar-refractivity contribution in [2.75, 3.05) is 5.32 Å². The molecule has 0 bridgehead atoms. The summed E-state index contributed by atoms with van der Waals surface area (Å²) >= 11 is 0. The molecule has 0 saturated heterocycles. The predicted octanol–water partition coefficient (Wildman–Crippen LogP) is 1.77. The molecule has 3 nitrogen and oxygen atoms in total. The molecule has 1 aromatic heterocycles. The van der Waals surface area contributed by atoms with Crippen molar-refractivity contribution in [2.24, 2.45) is 5.92 Å². The number of aromatic nitrogens is 1. The van der Waals surface area contributed by atoms with Crippen molar-refractivity contribution >= 4 is 11.7 Å². The molecule has 2 heterocycles. The van der Waals surface area contributed by atoms with E-state index in [9.17, 15) is 4.79 Å². The van der Waals surface area contributed by atoms with Crippen molar-refractivity contribution < 1.29 is 4.79 Å². The van der Waals surface area contributed by atoms with Crippen molar-refractivity contribution in [3.05, 3.63) is 23.4 Å². The summed E-state index contributed by atoms with van der Waals surface area (Å²) in [6, 6.07) is 2.14. The van der Waals surface area contributed by atoms with Crippen LogP contribution >= 0.6 is 0 Å². The van der Waals surface area contributed by atoms with Crippen LogP contribution in [-0.4, -0.2) is 10.9 Å². The minimum absolute atomic E-state index is 0.0661. The molecule has 74 valence electrons. The number of anilines is 1. The molecule has 1 aliphatic heterocycles. The number of carbonyl (C=O) groups is 1. The molecule has 0 aliphatic carbocycles. The van der Waals surface area contributed by atoms with E-state index in [-0.39, 0.29) is 11.8 Å². The Kier molecular flexibility index (Phi) is 2.23. The number of pyridine rings is 1. The number of nitrogens with zero attached hydrogens (tertiary/aromatic N) is 1. The summed E-state index contributed by atoms with van der Waals surface area (Å²) < 4.78 is 0. The zero-order chi connectivity index (χ0) is 10.1. The van der Waals surface area contributed by atoms with Gasteiger partial charge in [-0.2, -0.15) is 0 Å². The van der Waals surface area contributed by atoms with Crippen LogP contribution in [0.3, 0.4) is 0 Å². The first-order valence-corrected chi connectivity index (χ1v) is 4.99. The van der Waals surface area contributed by atoms with Crippen LogP contribution in [0.2, 0.25) is 0 Å². The minimum Gasteiger partial charge on any atom is -0.310 e. The molecule has 1 unspecified atom stereocenters. The third-order valence-corrected chi connectivity index (χ3v) is 2.65. The molecule has 0 radical (unpaired) electrons. The molecule has 1 aromatic rings. The Hall–Kier alpha value is -1.38. The lowest BCUT2D eigenvalue weighted by molar-refractivity contribution is -0.119. The highest BCUT2D eigenvalue weighted by Crippen LogP contribution is 2.23. The van der Waals surface area contributed by atoms with Gasteiger partial charge in [0.15, 0.2) is 0 Å². The fourth-order valence-electron chi connectivity index (χ4n) is 1.68. The Morgan fingerprint density at radius 3 is 3.14 bits per heavy atom. The van der Waals surface area contributed by atoms with E-state index in [2.05, 4.69) is 23.3 Å². The number of fused-ring (bicyclic) bond motifs is 1. The van der Waals surface area contributed by atoms with Gasteiger partial charge in [0, 0.05) is 12.1 Å². The van der Waals surface area contributed by atoms with Crippen molar-refractivity contribution in [1.29, 1.82) is 0 Å². The molecule has 1 atom stereocenters. The van der Waals surface area contributed by atoms with E-state index in [0.717, 1.165) is 24.2 Å². The second-order valence-corrected chi connectivity index (χ2v) is 3.80. The fraction of sp³-hybridized carbons (Fsp3) is 0.455. The second kappa shape index (κ2) is 3.40. The average molecular weight is 190 g/mol. The van der Waals surface area contributed by atoms with E-state index in [1.54, 1.807) is 0 Å². The first-order valence-electron chi connectivity index (χ1n) is 4.99. The van der Waals surface area contributed by atoms with Crippen molar-refractivity contribution in [1.82, 2.24) is 4.98 Å². The number of aryl methyl sites for hydroxylation is 1. The lowest BCUT2D eigenvalue weighted by atomic mass is 9.96. The Morgan fingerprint density at radius 1 is 1.64 bits per heavy atom. The zero-order valence-corrected chi connectivity index (χ0v) is 8.50. The van der Waals surface area contributed by atoms with Gasteiger partial charge in [0.2, 0.25) is 5.91 Å². The highest BCUT2D eigenvalue weighted by molar-refractivity contribution is 5.94. The molecular formula is C11H14N2O. The number of amides is 1. The molecule has 0 spiro atoms. The Labute approximate surface area is 83.5 Å². The van der Waals surface area contributed by atoms with Crippen LogP contribution in [0.5, 0.6) is 0 Å². The molecule has 2 rings (SSSR count). The molecular weight excluding hydrogens is 176 g/mol. The molecule has 1 N–H and O–H groups in total. The van der Waals surface area contributed by atoms with Crippen LogP contribution < -0.4 is 5.32 Å².